The number of ether oxygens (including phenoxy) is 2. The van der Waals surface area contributed by atoms with Crippen LogP contribution in [0.5, 0.6) is 0 Å². The summed E-state index contributed by atoms with van der Waals surface area (Å²) < 4.78 is 11.9. The Balaban J connectivity index is 1.82. The molecule has 0 spiro atoms. The van der Waals surface area contributed by atoms with Gasteiger partial charge in [0.1, 0.15) is 5.78 Å². The maximum atomic E-state index is 12.1. The normalized spacial score (nSPS) is 23.8. The molecule has 1 aliphatic heterocycles. The number of hydrogen-bond donors (Lipinski definition) is 1. The Labute approximate surface area is 150 Å². The van der Waals surface area contributed by atoms with Crippen molar-refractivity contribution in [1.82, 2.24) is 0 Å². The van der Waals surface area contributed by atoms with Gasteiger partial charge in [0.25, 0.3) is 0 Å². The van der Waals surface area contributed by atoms with Gasteiger partial charge in [-0.2, -0.15) is 0 Å². The van der Waals surface area contributed by atoms with Crippen molar-refractivity contribution in [3.63, 3.8) is 0 Å². The summed E-state index contributed by atoms with van der Waals surface area (Å²) >= 11 is 0. The monoisotopic (exact) mass is 346 g/mol. The highest BCUT2D eigenvalue weighted by atomic mass is 16.7. The summed E-state index contributed by atoms with van der Waals surface area (Å²) in [6, 6.07) is 10.4. The highest BCUT2D eigenvalue weighted by Gasteiger charge is 2.36. The van der Waals surface area contributed by atoms with Gasteiger partial charge in [-0.05, 0) is 38.7 Å². The van der Waals surface area contributed by atoms with Crippen molar-refractivity contribution >= 4 is 5.78 Å². The Kier molecular flexibility index (Phi) is 7.36. The van der Waals surface area contributed by atoms with Gasteiger partial charge in [-0.3, -0.25) is 4.79 Å². The standard InChI is InChI=1S/C21H30O4/c1-4-17(22)13-18(23)14-20-15-19(24-21(2,3)25-20)12-8-11-16-9-6-5-7-10-16/h4-7,9-10,17,19-20,22H,1,8,11-15H2,2-3H3/t17-,19-,20-/m0/s1. The molecule has 1 saturated heterocycles. The number of aliphatic hydroxyl groups excluding tert-OH is 1. The van der Waals surface area contributed by atoms with Gasteiger partial charge < -0.3 is 14.6 Å². The molecule has 138 valence electrons. The van der Waals surface area contributed by atoms with Crippen LogP contribution in [-0.4, -0.2) is 35.0 Å². The second-order valence-electron chi connectivity index (χ2n) is 7.24. The molecule has 4 heteroatoms. The van der Waals surface area contributed by atoms with E-state index in [2.05, 4.69) is 30.8 Å². The quantitative estimate of drug-likeness (QED) is 0.691. The molecule has 1 N–H and O–H groups in total. The second kappa shape index (κ2) is 9.27. The van der Waals surface area contributed by atoms with E-state index in [1.165, 1.54) is 11.6 Å². The van der Waals surface area contributed by atoms with E-state index in [1.807, 2.05) is 19.9 Å². The van der Waals surface area contributed by atoms with Gasteiger partial charge in [0.05, 0.1) is 18.3 Å². The zero-order valence-corrected chi connectivity index (χ0v) is 15.3. The number of ketones is 1. The van der Waals surface area contributed by atoms with Crippen LogP contribution in [0.25, 0.3) is 0 Å². The first kappa shape index (κ1) is 19.8. The van der Waals surface area contributed by atoms with Crippen LogP contribution in [0.1, 0.15) is 51.5 Å². The third-order valence-electron chi connectivity index (χ3n) is 4.43. The molecule has 2 rings (SSSR count). The van der Waals surface area contributed by atoms with Crippen LogP contribution >= 0.6 is 0 Å². The molecule has 0 unspecified atom stereocenters. The lowest BCUT2D eigenvalue weighted by Crippen LogP contribution is -2.45. The van der Waals surface area contributed by atoms with Gasteiger partial charge in [0.2, 0.25) is 0 Å². The van der Waals surface area contributed by atoms with Gasteiger partial charge in [-0.1, -0.05) is 36.4 Å². The molecule has 1 aliphatic rings. The lowest BCUT2D eigenvalue weighted by molar-refractivity contribution is -0.299. The van der Waals surface area contributed by atoms with Gasteiger partial charge in [0.15, 0.2) is 5.79 Å². The second-order valence-corrected chi connectivity index (χ2v) is 7.24. The minimum absolute atomic E-state index is 0.00173. The maximum absolute atomic E-state index is 12.1. The average Bonchev–Trinajstić information content (AvgIpc) is 2.54. The Morgan fingerprint density at radius 3 is 2.68 bits per heavy atom. The molecule has 1 heterocycles. The molecule has 0 aliphatic carbocycles. The summed E-state index contributed by atoms with van der Waals surface area (Å²) in [7, 11) is 0. The van der Waals surface area contributed by atoms with Crippen LogP contribution in [0.15, 0.2) is 43.0 Å². The van der Waals surface area contributed by atoms with Crippen molar-refractivity contribution in [2.24, 2.45) is 0 Å². The molecular weight excluding hydrogens is 316 g/mol. The molecule has 25 heavy (non-hydrogen) atoms. The summed E-state index contributed by atoms with van der Waals surface area (Å²) in [6.45, 7) is 7.29. The van der Waals surface area contributed by atoms with Crippen LogP contribution in [0, 0.1) is 0 Å². The minimum Gasteiger partial charge on any atom is -0.389 e. The van der Waals surface area contributed by atoms with E-state index in [9.17, 15) is 9.90 Å². The fraction of sp³-hybridized carbons (Fsp3) is 0.571. The van der Waals surface area contributed by atoms with E-state index in [-0.39, 0.29) is 24.4 Å². The van der Waals surface area contributed by atoms with Gasteiger partial charge in [-0.15, -0.1) is 6.58 Å². The summed E-state index contributed by atoms with van der Waals surface area (Å²) in [5, 5.41) is 9.53. The van der Waals surface area contributed by atoms with Gasteiger partial charge in [0, 0.05) is 19.3 Å². The fourth-order valence-corrected chi connectivity index (χ4v) is 3.35. The van der Waals surface area contributed by atoms with E-state index in [4.69, 9.17) is 9.47 Å². The third kappa shape index (κ3) is 7.10. The molecule has 1 aromatic rings. The highest BCUT2D eigenvalue weighted by molar-refractivity contribution is 5.79. The SMILES string of the molecule is C=C[C@H](O)CC(=O)C[C@H]1C[C@H](CCCc2ccccc2)OC(C)(C)O1. The average molecular weight is 346 g/mol. The molecule has 3 atom stereocenters. The van der Waals surface area contributed by atoms with Crippen molar-refractivity contribution < 1.29 is 19.4 Å². The highest BCUT2D eigenvalue weighted by Crippen LogP contribution is 2.31. The predicted molar refractivity (Wildman–Crippen MR) is 98.3 cm³/mol. The fourth-order valence-electron chi connectivity index (χ4n) is 3.35. The van der Waals surface area contributed by atoms with Crippen molar-refractivity contribution in [3.8, 4) is 0 Å². The Morgan fingerprint density at radius 1 is 1.32 bits per heavy atom. The van der Waals surface area contributed by atoms with Crippen LogP contribution in [0.2, 0.25) is 0 Å². The van der Waals surface area contributed by atoms with Crippen LogP contribution in [-0.2, 0) is 20.7 Å². The molecule has 0 saturated carbocycles. The van der Waals surface area contributed by atoms with E-state index in [0.717, 1.165) is 19.3 Å². The van der Waals surface area contributed by atoms with Crippen molar-refractivity contribution in [2.45, 2.75) is 76.5 Å². The molecular formula is C21H30O4. The van der Waals surface area contributed by atoms with Crippen molar-refractivity contribution in [2.75, 3.05) is 0 Å². The zero-order valence-electron chi connectivity index (χ0n) is 15.3. The van der Waals surface area contributed by atoms with E-state index < -0.39 is 11.9 Å². The summed E-state index contributed by atoms with van der Waals surface area (Å²) in [5.74, 6) is -0.685. The van der Waals surface area contributed by atoms with Crippen LogP contribution in [0.4, 0.5) is 0 Å². The number of carbonyl (C=O) groups is 1. The first-order valence-electron chi connectivity index (χ1n) is 9.10. The molecule has 1 fully saturated rings. The third-order valence-corrected chi connectivity index (χ3v) is 4.43. The summed E-state index contributed by atoms with van der Waals surface area (Å²) in [4.78, 5) is 12.1. The maximum Gasteiger partial charge on any atom is 0.163 e. The van der Waals surface area contributed by atoms with Crippen molar-refractivity contribution in [1.29, 1.82) is 0 Å². The Hall–Kier alpha value is -1.49. The molecule has 0 amide bonds. The first-order chi connectivity index (χ1) is 11.9. The Morgan fingerprint density at radius 2 is 2.00 bits per heavy atom. The number of aliphatic hydroxyl groups is 1. The number of hydrogen-bond acceptors (Lipinski definition) is 4. The predicted octanol–water partition coefficient (Wildman–Crippen LogP) is 3.82. The molecule has 0 bridgehead atoms. The lowest BCUT2D eigenvalue weighted by atomic mass is 9.97. The van der Waals surface area contributed by atoms with Gasteiger partial charge in [-0.25, -0.2) is 0 Å². The largest absolute Gasteiger partial charge is 0.389 e. The van der Waals surface area contributed by atoms with Crippen LogP contribution < -0.4 is 0 Å². The topological polar surface area (TPSA) is 55.8 Å². The Bertz CT molecular complexity index is 552. The lowest BCUT2D eigenvalue weighted by Gasteiger charge is -2.41. The first-order valence-corrected chi connectivity index (χ1v) is 9.10. The van der Waals surface area contributed by atoms with E-state index in [0.29, 0.717) is 12.8 Å². The number of carbonyl (C=O) groups excluding carboxylic acids is 1. The number of Topliss-reactive ketones (excluding diaryl/α,β-unsaturated/α-hetero) is 1. The summed E-state index contributed by atoms with van der Waals surface area (Å²) in [6.07, 6.45) is 4.69. The van der Waals surface area contributed by atoms with E-state index in [1.54, 1.807) is 0 Å². The van der Waals surface area contributed by atoms with Crippen molar-refractivity contribution in [3.05, 3.63) is 48.6 Å². The van der Waals surface area contributed by atoms with Gasteiger partial charge >= 0.3 is 0 Å². The zero-order chi connectivity index (χ0) is 18.3. The molecule has 4 nitrogen and oxygen atoms in total. The minimum atomic E-state index is -0.776. The smallest absolute Gasteiger partial charge is 0.163 e. The molecule has 1 aromatic carbocycles. The number of benzene rings is 1. The van der Waals surface area contributed by atoms with E-state index >= 15 is 0 Å². The number of rotatable bonds is 9. The number of aryl methyl sites for hydroxylation is 1. The molecule has 0 radical (unpaired) electrons. The molecule has 0 aromatic heterocycles. The summed E-state index contributed by atoms with van der Waals surface area (Å²) in [5.41, 5.74) is 1.33. The van der Waals surface area contributed by atoms with Crippen LogP contribution in [0.3, 0.4) is 0 Å².